The van der Waals surface area contributed by atoms with Gasteiger partial charge in [-0.15, -0.1) is 0 Å². The third-order valence-electron chi connectivity index (χ3n) is 12.8. The molecule has 6 aromatic carbocycles. The molecule has 4 unspecified atom stereocenters. The van der Waals surface area contributed by atoms with E-state index in [1.54, 1.807) is 32.3 Å². The zero-order valence-electron chi connectivity index (χ0n) is 39.3. The molecule has 0 radical (unpaired) electrons. The predicted octanol–water partition coefficient (Wildman–Crippen LogP) is 4.00. The maximum Gasteiger partial charge on any atom is 0.488 e. The molecule has 22 heteroatoms. The van der Waals surface area contributed by atoms with Crippen molar-refractivity contribution < 1.29 is 45.9 Å². The summed E-state index contributed by atoms with van der Waals surface area (Å²) in [5, 5.41) is 17.7. The fourth-order valence-corrected chi connectivity index (χ4v) is 10.8. The number of carbonyl (C=O) groups is 2. The van der Waals surface area contributed by atoms with Crippen LogP contribution in [0.1, 0.15) is 47.3 Å². The number of aliphatic imine (C=N–C) groups is 2. The summed E-state index contributed by atoms with van der Waals surface area (Å²) in [6, 6.07) is 42.8. The third kappa shape index (κ3) is 9.85. The van der Waals surface area contributed by atoms with Gasteiger partial charge in [0.1, 0.15) is 23.7 Å². The molecular weight excluding hydrogens is 1030 g/mol. The Hall–Kier alpha value is -6.92. The Kier molecular flexibility index (Phi) is 14.5. The molecule has 4 atom stereocenters. The molecule has 18 nitrogen and oxygen atoms in total. The van der Waals surface area contributed by atoms with E-state index in [9.17, 15) is 26.4 Å². The van der Waals surface area contributed by atoms with Crippen LogP contribution in [0.5, 0.6) is 11.5 Å². The van der Waals surface area contributed by atoms with Gasteiger partial charge in [-0.2, -0.15) is 0 Å². The molecule has 2 amide bonds. The number of ether oxygens (including phenoxy) is 2. The van der Waals surface area contributed by atoms with Gasteiger partial charge in [-0.25, -0.2) is 36.3 Å². The van der Waals surface area contributed by atoms with Crippen molar-refractivity contribution in [3.63, 3.8) is 0 Å². The second kappa shape index (κ2) is 20.3. The smallest absolute Gasteiger partial charge is 0.485 e. The summed E-state index contributed by atoms with van der Waals surface area (Å²) in [5.41, 5.74) is 14.7. The van der Waals surface area contributed by atoms with Crippen LogP contribution in [0.2, 0.25) is 0 Å². The summed E-state index contributed by atoms with van der Waals surface area (Å²) in [6.07, 6.45) is 0.0816. The highest BCUT2D eigenvalue weighted by molar-refractivity contribution is 9.10. The number of hydrogen-bond donors (Lipinski definition) is 6. The van der Waals surface area contributed by atoms with Crippen molar-refractivity contribution in [1.82, 2.24) is 19.2 Å². The molecule has 8 N–H and O–H groups in total. The van der Waals surface area contributed by atoms with Gasteiger partial charge in [-0.3, -0.25) is 19.4 Å². The normalized spacial score (nSPS) is 21.0. The van der Waals surface area contributed by atoms with Crippen LogP contribution >= 0.6 is 15.9 Å². The number of sulfonamides is 2. The minimum Gasteiger partial charge on any atom is -0.485 e. The van der Waals surface area contributed by atoms with Gasteiger partial charge in [0, 0.05) is 42.5 Å². The van der Waals surface area contributed by atoms with E-state index in [2.05, 4.69) is 35.4 Å². The molecule has 4 aliphatic rings. The molecule has 0 bridgehead atoms. The highest BCUT2D eigenvalue weighted by atomic mass is 79.9. The minimum absolute atomic E-state index is 0.00519. The average Bonchev–Trinajstić information content (AvgIpc) is 3.74. The number of fused-ring (bicyclic) bond motifs is 4. The molecule has 2 spiro atoms. The highest BCUT2D eigenvalue weighted by Crippen LogP contribution is 2.52. The number of benzene rings is 6. The number of nitrogens with zero attached hydrogens (tertiary/aromatic N) is 4. The maximum absolute atomic E-state index is 13.5. The third-order valence-corrected chi connectivity index (χ3v) is 16.1. The minimum atomic E-state index is -3.60. The fourth-order valence-electron chi connectivity index (χ4n) is 8.85. The molecule has 0 aliphatic carbocycles. The van der Waals surface area contributed by atoms with Gasteiger partial charge >= 0.3 is 7.12 Å². The highest BCUT2D eigenvalue weighted by Gasteiger charge is 2.55. The monoisotopic (exact) mass is 1080 g/mol. The summed E-state index contributed by atoms with van der Waals surface area (Å²) >= 11 is 3.47. The van der Waals surface area contributed by atoms with Gasteiger partial charge < -0.3 is 31.0 Å². The Morgan fingerprint density at radius 3 is 1.51 bits per heavy atom. The lowest BCUT2D eigenvalue weighted by atomic mass is 9.79. The molecule has 6 aromatic rings. The number of halogens is 1. The topological polar surface area (TPSA) is 269 Å². The Morgan fingerprint density at radius 2 is 1.06 bits per heavy atom. The lowest BCUT2D eigenvalue weighted by molar-refractivity contribution is -0.133. The molecule has 10 rings (SSSR count). The van der Waals surface area contributed by atoms with Crippen molar-refractivity contribution in [2.75, 3.05) is 28.2 Å². The number of likely N-dealkylation sites (N-methyl/N-ethyl adjacent to an activating group) is 2. The second-order valence-electron chi connectivity index (χ2n) is 17.1. The van der Waals surface area contributed by atoms with E-state index >= 15 is 0 Å². The van der Waals surface area contributed by atoms with E-state index in [1.807, 2.05) is 97.1 Å². The summed E-state index contributed by atoms with van der Waals surface area (Å²) < 4.78 is 65.0. The Labute approximate surface area is 425 Å². The van der Waals surface area contributed by atoms with Crippen LogP contribution in [-0.4, -0.2) is 95.7 Å². The summed E-state index contributed by atoms with van der Waals surface area (Å²) in [4.78, 5) is 38.7. The standard InChI is InChI=1S/C25H24N4O4S.C18H16BrN3O2.C7H10BNO4S/c1-27-34(31,32)19-10-6-9-17(13-19)18-11-12-21-20(14-18)25(23(30)29(2)24(26)28-25)15-22(33-21)16-7-4-3-5-8-16;1-22-16(23)18(21-17(22)20)10-15(11-5-3-2-4-6-11)24-14-8-7-12(19)9-13(14)18;1-9-14(12,13)7-4-2-3-6(5-7)8(10)11/h3-14,22,27H,15H2,1-2H3,(H2,26,28);2-9,15H,10H2,1H3,(H2,20,21);2-5,9-11H,1H3. The number of hydrogen-bond acceptors (Lipinski definition) is 14. The van der Waals surface area contributed by atoms with E-state index in [0.717, 1.165) is 26.7 Å². The van der Waals surface area contributed by atoms with Crippen LogP contribution in [0.15, 0.2) is 170 Å². The number of rotatable bonds is 8. The molecular formula is C50H50BBrN8O10S2. The van der Waals surface area contributed by atoms with Crippen LogP contribution in [0, 0.1) is 0 Å². The first-order chi connectivity index (χ1) is 34.2. The maximum atomic E-state index is 13.5. The molecule has 0 saturated carbocycles. The SMILES string of the molecule is CN1C(=O)C2(CC(c3ccccc3)Oc3ccc(Br)cc32)N=C1N.CNS(=O)(=O)c1cccc(-c2ccc3c(c2)C2(CC(c4ccccc4)O3)N=C(N)N(C)C2=O)c1.CNS(=O)(=O)c1cccc(B(O)O)c1. The van der Waals surface area contributed by atoms with Crippen LogP contribution in [0.4, 0.5) is 0 Å². The van der Waals surface area contributed by atoms with E-state index in [0.29, 0.717) is 35.5 Å². The van der Waals surface area contributed by atoms with Gasteiger partial charge in [0.25, 0.3) is 11.8 Å². The number of nitrogens with two attached hydrogens (primary N) is 2. The van der Waals surface area contributed by atoms with E-state index < -0.39 is 38.2 Å². The molecule has 372 valence electrons. The van der Waals surface area contributed by atoms with Crippen molar-refractivity contribution in [3.05, 3.63) is 172 Å². The zero-order chi connectivity index (χ0) is 51.8. The van der Waals surface area contributed by atoms with Crippen molar-refractivity contribution in [2.45, 2.75) is 45.9 Å². The Balaban J connectivity index is 0.000000158. The van der Waals surface area contributed by atoms with E-state index in [4.69, 9.17) is 31.0 Å². The molecule has 0 saturated heterocycles. The predicted molar refractivity (Wildman–Crippen MR) is 276 cm³/mol. The Bertz CT molecular complexity index is 3360. The van der Waals surface area contributed by atoms with Gasteiger partial charge in [0.15, 0.2) is 23.0 Å². The van der Waals surface area contributed by atoms with Gasteiger partial charge in [0.05, 0.1) is 9.79 Å². The summed E-state index contributed by atoms with van der Waals surface area (Å²) in [6.45, 7) is 0. The summed E-state index contributed by atoms with van der Waals surface area (Å²) in [5.74, 6) is 1.25. The summed E-state index contributed by atoms with van der Waals surface area (Å²) in [7, 11) is -2.87. The fraction of sp³-hybridized carbons (Fsp3) is 0.200. The lowest BCUT2D eigenvalue weighted by Crippen LogP contribution is -2.43. The zero-order valence-corrected chi connectivity index (χ0v) is 42.5. The van der Waals surface area contributed by atoms with E-state index in [-0.39, 0.29) is 51.2 Å². The second-order valence-corrected chi connectivity index (χ2v) is 21.8. The first kappa shape index (κ1) is 51.4. The van der Waals surface area contributed by atoms with Crippen LogP contribution in [-0.2, 0) is 40.7 Å². The molecule has 0 aromatic heterocycles. The van der Waals surface area contributed by atoms with Gasteiger partial charge in [-0.05, 0) is 96.4 Å². The van der Waals surface area contributed by atoms with Crippen LogP contribution < -0.4 is 35.8 Å². The first-order valence-electron chi connectivity index (χ1n) is 22.3. The van der Waals surface area contributed by atoms with Crippen molar-refractivity contribution >= 4 is 72.3 Å². The average molecular weight is 1080 g/mol. The number of nitrogens with one attached hydrogen (secondary N) is 2. The van der Waals surface area contributed by atoms with Crippen LogP contribution in [0.3, 0.4) is 0 Å². The Morgan fingerprint density at radius 1 is 0.611 bits per heavy atom. The number of guanidine groups is 2. The van der Waals surface area contributed by atoms with Crippen LogP contribution in [0.25, 0.3) is 11.1 Å². The van der Waals surface area contributed by atoms with E-state index in [1.165, 1.54) is 54.2 Å². The molecule has 4 aliphatic heterocycles. The van der Waals surface area contributed by atoms with Crippen molar-refractivity contribution in [3.8, 4) is 22.6 Å². The largest absolute Gasteiger partial charge is 0.488 e. The van der Waals surface area contributed by atoms with Gasteiger partial charge in [-0.1, -0.05) is 107 Å². The lowest BCUT2D eigenvalue weighted by Gasteiger charge is -2.37. The molecule has 0 fully saturated rings. The van der Waals surface area contributed by atoms with Gasteiger partial charge in [0.2, 0.25) is 20.0 Å². The number of carbonyl (C=O) groups excluding carboxylic acids is 2. The molecule has 4 heterocycles. The molecule has 72 heavy (non-hydrogen) atoms. The van der Waals surface area contributed by atoms with Crippen molar-refractivity contribution in [1.29, 1.82) is 0 Å². The first-order valence-corrected chi connectivity index (χ1v) is 26.1. The van der Waals surface area contributed by atoms with Crippen molar-refractivity contribution in [2.24, 2.45) is 21.5 Å². The quantitative estimate of drug-likeness (QED) is 0.118. The number of amides is 2.